The van der Waals surface area contributed by atoms with Crippen molar-refractivity contribution in [1.82, 2.24) is 0 Å². The van der Waals surface area contributed by atoms with E-state index < -0.39 is 18.8 Å². The fourth-order valence-electron chi connectivity index (χ4n) is 2.75. The van der Waals surface area contributed by atoms with Crippen LogP contribution in [0.4, 0.5) is 9.80 Å². The van der Waals surface area contributed by atoms with Crippen molar-refractivity contribution in [2.75, 3.05) is 11.9 Å². The lowest BCUT2D eigenvalue weighted by molar-refractivity contribution is 0.0636. The molecule has 0 aliphatic carbocycles. The Labute approximate surface area is 157 Å². The molecule has 26 heavy (non-hydrogen) atoms. The molecular formula is C18H21BN2O4S. The van der Waals surface area contributed by atoms with Crippen LogP contribution in [0.25, 0.3) is 10.1 Å². The van der Waals surface area contributed by atoms with Gasteiger partial charge in [0.2, 0.25) is 0 Å². The number of hydrogen-bond donors (Lipinski definition) is 1. The molecule has 1 fully saturated rings. The van der Waals surface area contributed by atoms with Gasteiger partial charge in [0, 0.05) is 10.1 Å². The Morgan fingerprint density at radius 2 is 2.15 bits per heavy atom. The molecule has 6 nitrogen and oxygen atoms in total. The summed E-state index contributed by atoms with van der Waals surface area (Å²) in [7, 11) is -0.537. The van der Waals surface area contributed by atoms with E-state index in [1.165, 1.54) is 11.3 Å². The van der Waals surface area contributed by atoms with Crippen LogP contribution < -0.4 is 10.8 Å². The Bertz CT molecular complexity index is 895. The second-order valence-corrected chi connectivity index (χ2v) is 8.84. The number of nitrogens with zero attached hydrogens (tertiary/aromatic N) is 1. The minimum atomic E-state index is -0.615. The minimum Gasteiger partial charge on any atom is -0.444 e. The first-order valence-corrected chi connectivity index (χ1v) is 9.16. The van der Waals surface area contributed by atoms with Gasteiger partial charge in [0.15, 0.2) is 0 Å². The van der Waals surface area contributed by atoms with E-state index in [0.29, 0.717) is 17.2 Å². The summed E-state index contributed by atoms with van der Waals surface area (Å²) in [5.74, 6) is 0. The minimum absolute atomic E-state index is 0.382. The van der Waals surface area contributed by atoms with Crippen molar-refractivity contribution >= 4 is 45.1 Å². The lowest BCUT2D eigenvalue weighted by atomic mass is 9.76. The summed E-state index contributed by atoms with van der Waals surface area (Å²) in [5.41, 5.74) is 0.185. The Hall–Kier alpha value is -2.08. The number of anilines is 1. The average Bonchev–Trinajstić information content (AvgIpc) is 3.04. The van der Waals surface area contributed by atoms with Gasteiger partial charge in [0.1, 0.15) is 16.7 Å². The smallest absolute Gasteiger partial charge is 0.444 e. The largest absolute Gasteiger partial charge is 0.495 e. The summed E-state index contributed by atoms with van der Waals surface area (Å²) in [6, 6.07) is 7.89. The number of nitriles is 1. The number of carbonyl (C=O) groups is 1. The first kappa shape index (κ1) is 18.7. The molecule has 0 radical (unpaired) electrons. The summed E-state index contributed by atoms with van der Waals surface area (Å²) in [6.45, 7) is 9.76. The number of rotatable bonds is 2. The van der Waals surface area contributed by atoms with Crippen molar-refractivity contribution in [3.05, 3.63) is 23.8 Å². The molecule has 1 aliphatic rings. The molecule has 8 heteroatoms. The maximum atomic E-state index is 12.1. The molecule has 0 bridgehead atoms. The fourth-order valence-corrected chi connectivity index (χ4v) is 3.82. The van der Waals surface area contributed by atoms with Gasteiger partial charge >= 0.3 is 13.2 Å². The van der Waals surface area contributed by atoms with Crippen molar-refractivity contribution in [3.8, 4) is 6.07 Å². The molecule has 1 amide bonds. The lowest BCUT2D eigenvalue weighted by Gasteiger charge is -2.19. The predicted octanol–water partition coefficient (Wildman–Crippen LogP) is 3.64. The third kappa shape index (κ3) is 3.85. The number of ether oxygens (including phenoxy) is 1. The van der Waals surface area contributed by atoms with Gasteiger partial charge in [0.25, 0.3) is 0 Å². The van der Waals surface area contributed by atoms with Crippen LogP contribution in [-0.4, -0.2) is 31.0 Å². The van der Waals surface area contributed by atoms with Crippen molar-refractivity contribution in [3.63, 3.8) is 0 Å². The molecule has 1 aromatic heterocycles. The highest BCUT2D eigenvalue weighted by Crippen LogP contribution is 2.35. The maximum Gasteiger partial charge on any atom is 0.495 e. The van der Waals surface area contributed by atoms with Crippen molar-refractivity contribution < 1.29 is 18.8 Å². The second-order valence-electron chi connectivity index (χ2n) is 7.79. The Morgan fingerprint density at radius 3 is 2.73 bits per heavy atom. The highest BCUT2D eigenvalue weighted by molar-refractivity contribution is 7.23. The first-order valence-electron chi connectivity index (χ1n) is 8.34. The Balaban J connectivity index is 1.99. The molecule has 1 saturated heterocycles. The quantitative estimate of drug-likeness (QED) is 0.814. The van der Waals surface area contributed by atoms with Crippen LogP contribution in [0.1, 0.15) is 40.2 Å². The summed E-state index contributed by atoms with van der Waals surface area (Å²) >= 11 is 1.33. The normalized spacial score (nSPS) is 16.5. The zero-order chi connectivity index (χ0) is 19.1. The van der Waals surface area contributed by atoms with Crippen molar-refractivity contribution in [2.24, 2.45) is 0 Å². The molecule has 0 unspecified atom stereocenters. The number of hydrogen-bond acceptors (Lipinski definition) is 6. The zero-order valence-electron chi connectivity index (χ0n) is 15.5. The number of nitrogens with one attached hydrogen (secondary N) is 1. The highest BCUT2D eigenvalue weighted by Gasteiger charge is 2.39. The Morgan fingerprint density at radius 1 is 1.42 bits per heavy atom. The standard InChI is InChI=1S/C18H21BN2O4S/c1-17(2,3)24-16(22)21-15-11(9-20)14-12(7-6-8-13(14)26-15)19-23-10-18(4,5)25-19/h6-8H,10H2,1-5H3,(H,21,22). The van der Waals surface area contributed by atoms with Gasteiger partial charge in [-0.1, -0.05) is 12.1 Å². The predicted molar refractivity (Wildman–Crippen MR) is 103 cm³/mol. The zero-order valence-corrected chi connectivity index (χ0v) is 16.3. The second kappa shape index (κ2) is 6.58. The lowest BCUT2D eigenvalue weighted by Crippen LogP contribution is -2.35. The molecule has 0 saturated carbocycles. The molecule has 2 heterocycles. The van der Waals surface area contributed by atoms with Gasteiger partial charge in [-0.05, 0) is 46.1 Å². The van der Waals surface area contributed by atoms with Gasteiger partial charge in [-0.3, -0.25) is 5.32 Å². The molecule has 1 aliphatic heterocycles. The summed E-state index contributed by atoms with van der Waals surface area (Å²) < 4.78 is 17.9. The molecule has 2 aromatic rings. The molecule has 0 atom stereocenters. The monoisotopic (exact) mass is 372 g/mol. The van der Waals surface area contributed by atoms with Crippen LogP contribution in [0.3, 0.4) is 0 Å². The third-order valence-electron chi connectivity index (χ3n) is 3.74. The third-order valence-corrected chi connectivity index (χ3v) is 4.81. The summed E-state index contributed by atoms with van der Waals surface area (Å²) in [6.07, 6.45) is -0.586. The van der Waals surface area contributed by atoms with Gasteiger partial charge in [-0.25, -0.2) is 4.79 Å². The van der Waals surface area contributed by atoms with E-state index in [0.717, 1.165) is 15.5 Å². The molecule has 1 aromatic carbocycles. The fraction of sp³-hybridized carbons (Fsp3) is 0.444. The van der Waals surface area contributed by atoms with Crippen LogP contribution in [0.5, 0.6) is 0 Å². The maximum absolute atomic E-state index is 12.1. The van der Waals surface area contributed by atoms with Gasteiger partial charge in [-0.2, -0.15) is 5.26 Å². The van der Waals surface area contributed by atoms with Crippen molar-refractivity contribution in [1.29, 1.82) is 5.26 Å². The van der Waals surface area contributed by atoms with Gasteiger partial charge in [-0.15, -0.1) is 11.3 Å². The average molecular weight is 372 g/mol. The van der Waals surface area contributed by atoms with E-state index in [-0.39, 0.29) is 5.60 Å². The van der Waals surface area contributed by atoms with E-state index in [1.54, 1.807) is 20.8 Å². The van der Waals surface area contributed by atoms with E-state index in [1.807, 2.05) is 32.0 Å². The molecule has 3 rings (SSSR count). The number of thiophene rings is 1. The molecular weight excluding hydrogens is 351 g/mol. The molecule has 136 valence electrons. The summed E-state index contributed by atoms with van der Waals surface area (Å²) in [5, 5.41) is 13.6. The van der Waals surface area contributed by atoms with E-state index in [2.05, 4.69) is 11.4 Å². The van der Waals surface area contributed by atoms with Crippen LogP contribution >= 0.6 is 11.3 Å². The number of benzene rings is 1. The van der Waals surface area contributed by atoms with Crippen LogP contribution in [-0.2, 0) is 14.0 Å². The number of fused-ring (bicyclic) bond motifs is 1. The Kier molecular flexibility index (Phi) is 4.73. The number of carbonyl (C=O) groups excluding carboxylic acids is 1. The van der Waals surface area contributed by atoms with Crippen LogP contribution in [0, 0.1) is 11.3 Å². The van der Waals surface area contributed by atoms with E-state index in [9.17, 15) is 10.1 Å². The van der Waals surface area contributed by atoms with Gasteiger partial charge < -0.3 is 14.0 Å². The van der Waals surface area contributed by atoms with Gasteiger partial charge in [0.05, 0.1) is 17.8 Å². The number of amides is 1. The van der Waals surface area contributed by atoms with Crippen LogP contribution in [0.2, 0.25) is 0 Å². The van der Waals surface area contributed by atoms with Crippen molar-refractivity contribution in [2.45, 2.75) is 45.8 Å². The van der Waals surface area contributed by atoms with E-state index >= 15 is 0 Å². The van der Waals surface area contributed by atoms with Crippen LogP contribution in [0.15, 0.2) is 18.2 Å². The molecule has 0 spiro atoms. The SMILES string of the molecule is CC(C)(C)OC(=O)Nc1sc2cccc(B3OCC(C)(C)O3)c2c1C#N. The molecule has 1 N–H and O–H groups in total. The summed E-state index contributed by atoms with van der Waals surface area (Å²) in [4.78, 5) is 12.1. The first-order chi connectivity index (χ1) is 12.1. The topological polar surface area (TPSA) is 80.6 Å². The van der Waals surface area contributed by atoms with E-state index in [4.69, 9.17) is 14.0 Å². The highest BCUT2D eigenvalue weighted by atomic mass is 32.1.